The molecule has 3 aromatic rings. The highest BCUT2D eigenvalue weighted by Gasteiger charge is 2.31. The van der Waals surface area contributed by atoms with Gasteiger partial charge < -0.3 is 14.6 Å². The second-order valence-corrected chi connectivity index (χ2v) is 9.14. The number of halogens is 6. The van der Waals surface area contributed by atoms with Gasteiger partial charge in [0.2, 0.25) is 5.91 Å². The average molecular weight is 554 g/mol. The van der Waals surface area contributed by atoms with Gasteiger partial charge >= 0.3 is 6.18 Å². The van der Waals surface area contributed by atoms with Gasteiger partial charge in [0, 0.05) is 17.6 Å². The van der Waals surface area contributed by atoms with E-state index in [0.29, 0.717) is 33.3 Å². The number of alkyl halides is 3. The molecule has 0 aliphatic carbocycles. The number of amides is 1. The number of carbonyl (C=O) groups is 1. The lowest BCUT2D eigenvalue weighted by Gasteiger charge is -2.16. The maximum Gasteiger partial charge on any atom is 0.416 e. The lowest BCUT2D eigenvalue weighted by Crippen LogP contribution is -2.16. The highest BCUT2D eigenvalue weighted by Crippen LogP contribution is 2.34. The Bertz CT molecular complexity index is 1190. The van der Waals surface area contributed by atoms with Crippen LogP contribution in [0.5, 0.6) is 5.75 Å². The van der Waals surface area contributed by atoms with Crippen LogP contribution in [0.15, 0.2) is 41.6 Å². The van der Waals surface area contributed by atoms with Crippen LogP contribution in [0.2, 0.25) is 15.1 Å². The standard InChI is InChI=1S/C21H18Cl3F3N4O2S/c1-3-31-19(11(2)33-17-9-13(22)5-7-15(17)24)29-30-20(31)34-10-18(32)28-16-8-12(21(25,26)27)4-6-14(16)23/h4-9,11H,3,10H2,1-2H3,(H,28,32). The van der Waals surface area contributed by atoms with Crippen molar-refractivity contribution in [3.05, 3.63) is 62.9 Å². The molecule has 3 rings (SSSR count). The molecule has 6 nitrogen and oxygen atoms in total. The number of ether oxygens (including phenoxy) is 1. The van der Waals surface area contributed by atoms with E-state index in [1.165, 1.54) is 0 Å². The molecule has 182 valence electrons. The Hall–Kier alpha value is -2.14. The summed E-state index contributed by atoms with van der Waals surface area (Å²) in [5, 5.41) is 12.0. The lowest BCUT2D eigenvalue weighted by atomic mass is 10.2. The van der Waals surface area contributed by atoms with Crippen LogP contribution in [0.1, 0.15) is 31.3 Å². The molecule has 1 aromatic heterocycles. The van der Waals surface area contributed by atoms with Gasteiger partial charge in [-0.2, -0.15) is 13.2 Å². The topological polar surface area (TPSA) is 69.0 Å². The molecule has 1 N–H and O–H groups in total. The predicted molar refractivity (Wildman–Crippen MR) is 127 cm³/mol. The highest BCUT2D eigenvalue weighted by molar-refractivity contribution is 7.99. The first-order valence-electron chi connectivity index (χ1n) is 9.83. The smallest absolute Gasteiger partial charge is 0.416 e. The minimum atomic E-state index is -4.55. The van der Waals surface area contributed by atoms with E-state index in [9.17, 15) is 18.0 Å². The number of rotatable bonds is 8. The average Bonchev–Trinajstić information content (AvgIpc) is 3.18. The van der Waals surface area contributed by atoms with Gasteiger partial charge in [-0.25, -0.2) is 0 Å². The Morgan fingerprint density at radius 1 is 1.15 bits per heavy atom. The lowest BCUT2D eigenvalue weighted by molar-refractivity contribution is -0.137. The van der Waals surface area contributed by atoms with Crippen LogP contribution < -0.4 is 10.1 Å². The summed E-state index contributed by atoms with van der Waals surface area (Å²) in [5.74, 6) is 0.217. The van der Waals surface area contributed by atoms with Gasteiger partial charge in [-0.15, -0.1) is 10.2 Å². The Balaban J connectivity index is 1.68. The van der Waals surface area contributed by atoms with Crippen LogP contribution in [0, 0.1) is 0 Å². The number of thioether (sulfide) groups is 1. The summed E-state index contributed by atoms with van der Waals surface area (Å²) in [6.45, 7) is 4.13. The predicted octanol–water partition coefficient (Wildman–Crippen LogP) is 7.15. The Morgan fingerprint density at radius 3 is 2.53 bits per heavy atom. The van der Waals surface area contributed by atoms with Gasteiger partial charge in [0.25, 0.3) is 0 Å². The van der Waals surface area contributed by atoms with Crippen LogP contribution in [-0.2, 0) is 17.5 Å². The molecule has 0 aliphatic heterocycles. The van der Waals surface area contributed by atoms with Crippen molar-refractivity contribution in [3.63, 3.8) is 0 Å². The van der Waals surface area contributed by atoms with Crippen molar-refractivity contribution in [2.75, 3.05) is 11.1 Å². The Morgan fingerprint density at radius 2 is 1.85 bits per heavy atom. The fraction of sp³-hybridized carbons (Fsp3) is 0.286. The van der Waals surface area contributed by atoms with E-state index in [4.69, 9.17) is 39.5 Å². The third-order valence-corrected chi connectivity index (χ3v) is 6.37. The zero-order chi connectivity index (χ0) is 25.0. The van der Waals surface area contributed by atoms with Gasteiger partial charge in [-0.3, -0.25) is 4.79 Å². The molecule has 1 unspecified atom stereocenters. The number of hydrogen-bond acceptors (Lipinski definition) is 5. The normalized spacial score (nSPS) is 12.5. The molecular formula is C21H18Cl3F3N4O2S. The van der Waals surface area contributed by atoms with Crippen molar-refractivity contribution in [2.24, 2.45) is 0 Å². The summed E-state index contributed by atoms with van der Waals surface area (Å²) in [6, 6.07) is 7.57. The number of nitrogens with one attached hydrogen (secondary N) is 1. The maximum atomic E-state index is 12.9. The quantitative estimate of drug-likeness (QED) is 0.300. The molecule has 13 heteroatoms. The van der Waals surface area contributed by atoms with Gasteiger partial charge in [-0.1, -0.05) is 46.6 Å². The third kappa shape index (κ3) is 6.50. The maximum absolute atomic E-state index is 12.9. The van der Waals surface area contributed by atoms with Crippen molar-refractivity contribution in [2.45, 2.75) is 37.8 Å². The first kappa shape index (κ1) is 26.5. The molecule has 2 aromatic carbocycles. The van der Waals surface area contributed by atoms with Crippen molar-refractivity contribution in [3.8, 4) is 5.75 Å². The fourth-order valence-corrected chi connectivity index (χ4v) is 4.23. The largest absolute Gasteiger partial charge is 0.481 e. The monoisotopic (exact) mass is 552 g/mol. The molecule has 0 aliphatic rings. The fourth-order valence-electron chi connectivity index (χ4n) is 2.93. The molecule has 0 saturated carbocycles. The summed E-state index contributed by atoms with van der Waals surface area (Å²) in [4.78, 5) is 12.4. The number of aromatic nitrogens is 3. The van der Waals surface area contributed by atoms with Crippen LogP contribution in [-0.4, -0.2) is 26.4 Å². The molecule has 34 heavy (non-hydrogen) atoms. The molecule has 1 amide bonds. The highest BCUT2D eigenvalue weighted by atomic mass is 35.5. The van der Waals surface area contributed by atoms with E-state index in [1.807, 2.05) is 6.92 Å². The summed E-state index contributed by atoms with van der Waals surface area (Å²) >= 11 is 19.2. The van der Waals surface area contributed by atoms with E-state index in [0.717, 1.165) is 30.0 Å². The van der Waals surface area contributed by atoms with Crippen molar-refractivity contribution < 1.29 is 22.7 Å². The van der Waals surface area contributed by atoms with Crippen LogP contribution in [0.25, 0.3) is 0 Å². The molecule has 0 fully saturated rings. The van der Waals surface area contributed by atoms with Crippen molar-refractivity contribution in [1.82, 2.24) is 14.8 Å². The Kier molecular flexibility index (Phi) is 8.62. The van der Waals surface area contributed by atoms with Gasteiger partial charge in [-0.05, 0) is 44.2 Å². The molecule has 1 heterocycles. The van der Waals surface area contributed by atoms with Crippen molar-refractivity contribution in [1.29, 1.82) is 0 Å². The molecule has 0 bridgehead atoms. The number of benzene rings is 2. The zero-order valence-electron chi connectivity index (χ0n) is 17.8. The SMILES string of the molecule is CCn1c(SCC(=O)Nc2cc(C(F)(F)F)ccc2Cl)nnc1C(C)Oc1cc(Cl)ccc1Cl. The third-order valence-electron chi connectivity index (χ3n) is 4.52. The van der Waals surface area contributed by atoms with E-state index in [2.05, 4.69) is 15.5 Å². The molecule has 1 atom stereocenters. The summed E-state index contributed by atoms with van der Waals surface area (Å²) in [5.41, 5.74) is -1.04. The van der Waals surface area contributed by atoms with Gasteiger partial charge in [0.1, 0.15) is 5.75 Å². The number of hydrogen-bond donors (Lipinski definition) is 1. The Labute approximate surface area is 212 Å². The summed E-state index contributed by atoms with van der Waals surface area (Å²) in [7, 11) is 0. The van der Waals surface area contributed by atoms with E-state index in [-0.39, 0.29) is 16.5 Å². The zero-order valence-corrected chi connectivity index (χ0v) is 20.9. The van der Waals surface area contributed by atoms with Crippen LogP contribution >= 0.6 is 46.6 Å². The molecule has 0 spiro atoms. The van der Waals surface area contributed by atoms with Crippen LogP contribution in [0.4, 0.5) is 18.9 Å². The first-order valence-corrected chi connectivity index (χ1v) is 12.0. The molecular weight excluding hydrogens is 536 g/mol. The minimum Gasteiger partial charge on any atom is -0.481 e. The molecule has 0 saturated heterocycles. The van der Waals surface area contributed by atoms with E-state index >= 15 is 0 Å². The second kappa shape index (κ2) is 11.1. The number of nitrogens with zero attached hydrogens (tertiary/aromatic N) is 3. The number of anilines is 1. The molecule has 0 radical (unpaired) electrons. The number of carbonyl (C=O) groups excluding carboxylic acids is 1. The summed E-state index contributed by atoms with van der Waals surface area (Å²) < 4.78 is 46.5. The second-order valence-electron chi connectivity index (χ2n) is 6.95. The summed E-state index contributed by atoms with van der Waals surface area (Å²) in [6.07, 6.45) is -5.09. The van der Waals surface area contributed by atoms with E-state index < -0.39 is 23.8 Å². The van der Waals surface area contributed by atoms with Crippen LogP contribution in [0.3, 0.4) is 0 Å². The first-order chi connectivity index (χ1) is 16.0. The van der Waals surface area contributed by atoms with E-state index in [1.54, 1.807) is 29.7 Å². The van der Waals surface area contributed by atoms with Gasteiger partial charge in [0.05, 0.1) is 27.0 Å². The minimum absolute atomic E-state index is 0.00369. The van der Waals surface area contributed by atoms with Crippen molar-refractivity contribution >= 4 is 58.2 Å². The van der Waals surface area contributed by atoms with Gasteiger partial charge in [0.15, 0.2) is 17.1 Å².